The van der Waals surface area contributed by atoms with Gasteiger partial charge in [0.25, 0.3) is 11.8 Å². The van der Waals surface area contributed by atoms with Crippen LogP contribution < -0.4 is 10.6 Å². The van der Waals surface area contributed by atoms with Crippen molar-refractivity contribution in [2.75, 3.05) is 13.1 Å². The highest BCUT2D eigenvalue weighted by Crippen LogP contribution is 2.33. The number of halogens is 1. The molecule has 0 aliphatic carbocycles. The van der Waals surface area contributed by atoms with Crippen molar-refractivity contribution in [1.82, 2.24) is 20.5 Å². The molecule has 1 aliphatic heterocycles. The lowest BCUT2D eigenvalue weighted by Gasteiger charge is -2.26. The second kappa shape index (κ2) is 15.0. The zero-order valence-electron chi connectivity index (χ0n) is 27.6. The molecule has 3 N–H and O–H groups in total. The Morgan fingerprint density at radius 3 is 2.47 bits per heavy atom. The molecular weight excluding hydrogens is 595 g/mol. The van der Waals surface area contributed by atoms with Crippen LogP contribution >= 0.6 is 0 Å². The van der Waals surface area contributed by atoms with Crippen molar-refractivity contribution in [2.24, 2.45) is 0 Å². The number of likely N-dealkylation sites (tertiary alicyclic amines) is 1. The van der Waals surface area contributed by atoms with Gasteiger partial charge in [0.1, 0.15) is 19.0 Å². The summed E-state index contributed by atoms with van der Waals surface area (Å²) >= 11 is 0. The smallest absolute Gasteiger partial charge is 0.254 e. The predicted octanol–water partition coefficient (Wildman–Crippen LogP) is 6.22. The molecule has 2 amide bonds. The van der Waals surface area contributed by atoms with Crippen LogP contribution in [0.4, 0.5) is 4.39 Å². The molecule has 1 aliphatic rings. The van der Waals surface area contributed by atoms with Crippen LogP contribution in [0.3, 0.4) is 0 Å². The predicted molar refractivity (Wildman–Crippen MR) is 180 cm³/mol. The number of carbonyl (C=O) groups excluding carboxylic acids is 2. The fraction of sp³-hybridized carbons (Fsp3) is 0.395. The van der Waals surface area contributed by atoms with Crippen LogP contribution in [0.5, 0.6) is 0 Å². The summed E-state index contributed by atoms with van der Waals surface area (Å²) in [5, 5.41) is 17.7. The number of oxazole rings is 1. The number of aliphatic hydroxyl groups is 1. The molecule has 2 heterocycles. The first-order valence-corrected chi connectivity index (χ1v) is 16.3. The fourth-order valence-corrected chi connectivity index (χ4v) is 6.04. The second-order valence-corrected chi connectivity index (χ2v) is 13.5. The number of nitrogens with zero attached hydrogens (tertiary/aromatic N) is 2. The molecule has 0 saturated carbocycles. The topological polar surface area (TPSA) is 108 Å². The number of nitrogens with one attached hydrogen (secondary N) is 2. The van der Waals surface area contributed by atoms with Gasteiger partial charge in [-0.05, 0) is 72.1 Å². The van der Waals surface area contributed by atoms with E-state index in [4.69, 9.17) is 4.42 Å². The zero-order chi connectivity index (χ0) is 33.6. The number of alkyl halides is 1. The van der Waals surface area contributed by atoms with Gasteiger partial charge in [0.2, 0.25) is 5.89 Å². The molecular formula is C38H45FN4O4. The highest BCUT2D eigenvalue weighted by molar-refractivity contribution is 6.00. The number of amides is 2. The molecule has 1 aromatic heterocycles. The Bertz CT molecular complexity index is 1670. The minimum Gasteiger partial charge on any atom is -0.446 e. The number of rotatable bonds is 12. The SMILES string of the molecule is Cc1coc(C2CCCN2C(=O)c2cc(CF)cc(C(=O)N[C@@H](Cc3ccccc3)[C@H](O)CNCc3cccc(C(C)(C)C)c3)c2)n1. The summed E-state index contributed by atoms with van der Waals surface area (Å²) in [5.74, 6) is -0.331. The van der Waals surface area contributed by atoms with Gasteiger partial charge >= 0.3 is 0 Å². The molecule has 1 fully saturated rings. The summed E-state index contributed by atoms with van der Waals surface area (Å²) < 4.78 is 19.7. The molecule has 0 radical (unpaired) electrons. The number of hydrogen-bond donors (Lipinski definition) is 3. The van der Waals surface area contributed by atoms with Gasteiger partial charge in [0, 0.05) is 30.8 Å². The van der Waals surface area contributed by atoms with Gasteiger partial charge in [0.15, 0.2) is 0 Å². The molecule has 47 heavy (non-hydrogen) atoms. The molecule has 8 nitrogen and oxygen atoms in total. The van der Waals surface area contributed by atoms with Gasteiger partial charge in [-0.3, -0.25) is 9.59 Å². The fourth-order valence-electron chi connectivity index (χ4n) is 6.04. The van der Waals surface area contributed by atoms with E-state index in [-0.39, 0.29) is 40.6 Å². The first kappa shape index (κ1) is 34.0. The molecule has 3 aromatic carbocycles. The van der Waals surface area contributed by atoms with Gasteiger partial charge in [-0.15, -0.1) is 0 Å². The molecule has 248 valence electrons. The van der Waals surface area contributed by atoms with Gasteiger partial charge in [-0.2, -0.15) is 0 Å². The Morgan fingerprint density at radius 1 is 1.02 bits per heavy atom. The third-order valence-corrected chi connectivity index (χ3v) is 8.65. The van der Waals surface area contributed by atoms with E-state index in [2.05, 4.69) is 48.5 Å². The van der Waals surface area contributed by atoms with E-state index in [0.29, 0.717) is 31.8 Å². The van der Waals surface area contributed by atoms with Crippen molar-refractivity contribution < 1.29 is 23.5 Å². The standard InChI is InChI=1S/C38H45FN4O4/c1-25-24-47-36(41-25)33-14-9-15-43(33)37(46)30-17-28(21-39)16-29(20-30)35(45)42-32(19-26-10-6-5-7-11-26)34(44)23-40-22-27-12-8-13-31(18-27)38(2,3)4/h5-8,10-13,16-18,20,24,32-34,40,44H,9,14-15,19,21-23H2,1-4H3,(H,42,45)/t32-,33?,34+/m0/s1. The maximum absolute atomic E-state index is 14.1. The Balaban J connectivity index is 1.31. The summed E-state index contributed by atoms with van der Waals surface area (Å²) in [6.07, 6.45) is 2.50. The highest BCUT2D eigenvalue weighted by atomic mass is 19.1. The van der Waals surface area contributed by atoms with Crippen molar-refractivity contribution in [3.63, 3.8) is 0 Å². The quantitative estimate of drug-likeness (QED) is 0.170. The summed E-state index contributed by atoms with van der Waals surface area (Å²) in [7, 11) is 0. The van der Waals surface area contributed by atoms with Crippen LogP contribution in [0.2, 0.25) is 0 Å². The van der Waals surface area contributed by atoms with E-state index in [9.17, 15) is 19.1 Å². The van der Waals surface area contributed by atoms with Crippen molar-refractivity contribution in [3.05, 3.63) is 124 Å². The Hall–Kier alpha value is -4.34. The maximum Gasteiger partial charge on any atom is 0.254 e. The number of hydrogen-bond acceptors (Lipinski definition) is 6. The van der Waals surface area contributed by atoms with Crippen molar-refractivity contribution in [2.45, 2.75) is 83.8 Å². The largest absolute Gasteiger partial charge is 0.446 e. The Kier molecular flexibility index (Phi) is 10.9. The average molecular weight is 641 g/mol. The maximum atomic E-state index is 14.1. The number of aryl methyl sites for hydroxylation is 1. The van der Waals surface area contributed by atoms with Crippen molar-refractivity contribution in [3.8, 4) is 0 Å². The van der Waals surface area contributed by atoms with Crippen LogP contribution in [0.1, 0.15) is 94.2 Å². The highest BCUT2D eigenvalue weighted by Gasteiger charge is 2.34. The van der Waals surface area contributed by atoms with Gasteiger partial charge < -0.3 is 25.1 Å². The molecule has 9 heteroatoms. The second-order valence-electron chi connectivity index (χ2n) is 13.5. The monoisotopic (exact) mass is 640 g/mol. The van der Waals surface area contributed by atoms with Crippen LogP contribution in [0.15, 0.2) is 83.5 Å². The summed E-state index contributed by atoms with van der Waals surface area (Å²) in [4.78, 5) is 33.5. The zero-order valence-corrected chi connectivity index (χ0v) is 27.6. The molecule has 5 rings (SSSR count). The molecule has 3 atom stereocenters. The van der Waals surface area contributed by atoms with Gasteiger partial charge in [-0.1, -0.05) is 75.4 Å². The number of benzene rings is 3. The first-order valence-electron chi connectivity index (χ1n) is 16.3. The minimum absolute atomic E-state index is 0.0243. The summed E-state index contributed by atoms with van der Waals surface area (Å²) in [6, 6.07) is 21.5. The molecule has 1 saturated heterocycles. The van der Waals surface area contributed by atoms with Gasteiger partial charge in [-0.25, -0.2) is 9.37 Å². The van der Waals surface area contributed by atoms with Crippen molar-refractivity contribution in [1.29, 1.82) is 0 Å². The Labute approximate surface area is 276 Å². The summed E-state index contributed by atoms with van der Waals surface area (Å²) in [5.41, 5.74) is 4.64. The Morgan fingerprint density at radius 2 is 1.77 bits per heavy atom. The lowest BCUT2D eigenvalue weighted by molar-refractivity contribution is 0.0715. The van der Waals surface area contributed by atoms with E-state index in [0.717, 1.165) is 23.2 Å². The van der Waals surface area contributed by atoms with Crippen molar-refractivity contribution >= 4 is 11.8 Å². The van der Waals surface area contributed by atoms with Crippen LogP contribution in [0.25, 0.3) is 0 Å². The van der Waals surface area contributed by atoms with E-state index in [1.165, 1.54) is 23.8 Å². The normalized spacial score (nSPS) is 16.2. The van der Waals surface area contributed by atoms with E-state index >= 15 is 0 Å². The third-order valence-electron chi connectivity index (χ3n) is 8.65. The minimum atomic E-state index is -0.926. The molecule has 1 unspecified atom stereocenters. The van der Waals surface area contributed by atoms with E-state index < -0.39 is 24.7 Å². The van der Waals surface area contributed by atoms with E-state index in [1.807, 2.05) is 49.4 Å². The first-order chi connectivity index (χ1) is 22.5. The lowest BCUT2D eigenvalue weighted by Crippen LogP contribution is -2.48. The number of carbonyl (C=O) groups is 2. The number of aliphatic hydroxyl groups excluding tert-OH is 1. The van der Waals surface area contributed by atoms with Crippen LogP contribution in [-0.2, 0) is 25.1 Å². The lowest BCUT2D eigenvalue weighted by atomic mass is 9.86. The third kappa shape index (κ3) is 8.73. The average Bonchev–Trinajstić information content (AvgIpc) is 3.73. The molecule has 0 bridgehead atoms. The van der Waals surface area contributed by atoms with Crippen LogP contribution in [0, 0.1) is 6.92 Å². The van der Waals surface area contributed by atoms with Crippen LogP contribution in [-0.4, -0.2) is 52.0 Å². The molecule has 4 aromatic rings. The summed E-state index contributed by atoms with van der Waals surface area (Å²) in [6.45, 7) is 8.81. The van der Waals surface area contributed by atoms with Gasteiger partial charge in [0.05, 0.1) is 17.8 Å². The number of aromatic nitrogens is 1. The van der Waals surface area contributed by atoms with E-state index in [1.54, 1.807) is 11.2 Å². The molecule has 0 spiro atoms.